The van der Waals surface area contributed by atoms with Gasteiger partial charge in [-0.25, -0.2) is 0 Å². The van der Waals surface area contributed by atoms with Gasteiger partial charge in [-0.1, -0.05) is 129 Å². The van der Waals surface area contributed by atoms with Crippen LogP contribution in [0.3, 0.4) is 0 Å². The van der Waals surface area contributed by atoms with Gasteiger partial charge in [0.2, 0.25) is 0 Å². The maximum atomic E-state index is 9.77. The average molecular weight is 529 g/mol. The van der Waals surface area contributed by atoms with Crippen LogP contribution in [0.2, 0.25) is 0 Å². The summed E-state index contributed by atoms with van der Waals surface area (Å²) in [5, 5.41) is 19.3. The predicted octanol–water partition coefficient (Wildman–Crippen LogP) is 11.5. The van der Waals surface area contributed by atoms with Gasteiger partial charge in [0.15, 0.2) is 0 Å². The van der Waals surface area contributed by atoms with Crippen molar-refractivity contribution in [3.8, 4) is 12.1 Å². The molecular weight excluding hydrogens is 477 g/mol. The van der Waals surface area contributed by atoms with Crippen molar-refractivity contribution in [1.29, 1.82) is 10.5 Å². The van der Waals surface area contributed by atoms with Crippen LogP contribution in [0.1, 0.15) is 153 Å². The molecule has 0 saturated carbocycles. The standard InChI is InChI=1S/C32H52N2S2/c1-3-5-7-9-11-13-15-17-19-21-25-35-31-24-23-29(27-33)30(28-34)32(31)36-26-22-20-18-16-14-12-10-8-6-4-2/h23-24H,3-22,25-26H2,1-2H3. The Labute approximate surface area is 232 Å². The summed E-state index contributed by atoms with van der Waals surface area (Å²) in [7, 11) is 0. The molecule has 0 aromatic heterocycles. The minimum Gasteiger partial charge on any atom is -0.192 e. The average Bonchev–Trinajstić information content (AvgIpc) is 2.90. The monoisotopic (exact) mass is 528 g/mol. The third-order valence-corrected chi connectivity index (χ3v) is 9.33. The smallest absolute Gasteiger partial charge is 0.102 e. The van der Waals surface area contributed by atoms with Crippen LogP contribution in [-0.2, 0) is 0 Å². The van der Waals surface area contributed by atoms with Crippen molar-refractivity contribution in [1.82, 2.24) is 0 Å². The Bertz CT molecular complexity index is 748. The Kier molecular flexibility index (Phi) is 22.2. The van der Waals surface area contributed by atoms with Crippen LogP contribution in [0.4, 0.5) is 0 Å². The molecule has 0 heterocycles. The number of nitrogens with zero attached hydrogens (tertiary/aromatic N) is 2. The van der Waals surface area contributed by atoms with Crippen LogP contribution in [0.25, 0.3) is 0 Å². The molecule has 0 saturated heterocycles. The molecule has 0 fully saturated rings. The van der Waals surface area contributed by atoms with Gasteiger partial charge in [-0.3, -0.25) is 0 Å². The fraction of sp³-hybridized carbons (Fsp3) is 0.750. The zero-order valence-corrected chi connectivity index (χ0v) is 25.1. The van der Waals surface area contributed by atoms with E-state index in [4.69, 9.17) is 0 Å². The largest absolute Gasteiger partial charge is 0.192 e. The lowest BCUT2D eigenvalue weighted by atomic mass is 10.1. The van der Waals surface area contributed by atoms with E-state index >= 15 is 0 Å². The van der Waals surface area contributed by atoms with Crippen LogP contribution < -0.4 is 0 Å². The van der Waals surface area contributed by atoms with Crippen molar-refractivity contribution >= 4 is 23.5 Å². The Morgan fingerprint density at radius 3 is 1.36 bits per heavy atom. The molecule has 1 rings (SSSR count). The van der Waals surface area contributed by atoms with Gasteiger partial charge < -0.3 is 0 Å². The van der Waals surface area contributed by atoms with Crippen LogP contribution in [-0.4, -0.2) is 11.5 Å². The molecule has 0 aliphatic heterocycles. The molecule has 1 aromatic carbocycles. The highest BCUT2D eigenvalue weighted by Crippen LogP contribution is 2.36. The van der Waals surface area contributed by atoms with E-state index in [1.165, 1.54) is 133 Å². The first-order chi connectivity index (χ1) is 17.8. The molecule has 0 radical (unpaired) electrons. The summed E-state index contributed by atoms with van der Waals surface area (Å²) in [5.41, 5.74) is 1.11. The van der Waals surface area contributed by atoms with Crippen molar-refractivity contribution in [3.63, 3.8) is 0 Å². The Balaban J connectivity index is 2.32. The molecule has 0 bridgehead atoms. The zero-order valence-electron chi connectivity index (χ0n) is 23.4. The van der Waals surface area contributed by atoms with E-state index in [2.05, 4.69) is 32.1 Å². The molecule has 0 aliphatic carbocycles. The lowest BCUT2D eigenvalue weighted by Crippen LogP contribution is -1.94. The maximum absolute atomic E-state index is 9.77. The first-order valence-corrected chi connectivity index (χ1v) is 17.0. The van der Waals surface area contributed by atoms with Crippen LogP contribution in [0, 0.1) is 22.7 Å². The van der Waals surface area contributed by atoms with Crippen LogP contribution in [0.5, 0.6) is 0 Å². The Hall–Kier alpha value is -1.10. The molecule has 36 heavy (non-hydrogen) atoms. The zero-order chi connectivity index (χ0) is 26.1. The summed E-state index contributed by atoms with van der Waals surface area (Å²) >= 11 is 3.67. The minimum atomic E-state index is 0.520. The van der Waals surface area contributed by atoms with Crippen molar-refractivity contribution in [2.45, 2.75) is 152 Å². The number of benzene rings is 1. The van der Waals surface area contributed by atoms with Crippen LogP contribution in [0.15, 0.2) is 21.9 Å². The highest BCUT2D eigenvalue weighted by atomic mass is 32.2. The summed E-state index contributed by atoms with van der Waals surface area (Å²) in [6, 6.07) is 8.46. The second kappa shape index (κ2) is 24.2. The molecule has 1 aromatic rings. The summed E-state index contributed by atoms with van der Waals surface area (Å²) in [5.74, 6) is 2.13. The molecule has 202 valence electrons. The maximum Gasteiger partial charge on any atom is 0.102 e. The van der Waals surface area contributed by atoms with E-state index in [0.717, 1.165) is 16.4 Å². The predicted molar refractivity (Wildman–Crippen MR) is 161 cm³/mol. The number of hydrogen-bond donors (Lipinski definition) is 0. The molecule has 0 spiro atoms. The van der Waals surface area contributed by atoms with E-state index in [9.17, 15) is 10.5 Å². The molecular formula is C32H52N2S2. The number of unbranched alkanes of at least 4 members (excludes halogenated alkanes) is 18. The third kappa shape index (κ3) is 15.9. The topological polar surface area (TPSA) is 47.6 Å². The van der Waals surface area contributed by atoms with Gasteiger partial charge >= 0.3 is 0 Å². The molecule has 0 amide bonds. The van der Waals surface area contributed by atoms with Gasteiger partial charge in [0.1, 0.15) is 12.1 Å². The summed E-state index contributed by atoms with van der Waals surface area (Å²) in [4.78, 5) is 2.24. The van der Waals surface area contributed by atoms with Crippen molar-refractivity contribution in [3.05, 3.63) is 23.3 Å². The van der Waals surface area contributed by atoms with Crippen molar-refractivity contribution < 1.29 is 0 Å². The minimum absolute atomic E-state index is 0.520. The van der Waals surface area contributed by atoms with E-state index < -0.39 is 0 Å². The highest BCUT2D eigenvalue weighted by molar-refractivity contribution is 8.02. The van der Waals surface area contributed by atoms with E-state index in [-0.39, 0.29) is 0 Å². The number of rotatable bonds is 24. The van der Waals surface area contributed by atoms with Gasteiger partial charge in [0, 0.05) is 9.79 Å². The van der Waals surface area contributed by atoms with Crippen LogP contribution >= 0.6 is 23.5 Å². The molecule has 0 N–H and O–H groups in total. The van der Waals surface area contributed by atoms with Gasteiger partial charge in [0.05, 0.1) is 11.1 Å². The molecule has 0 unspecified atom stereocenters. The van der Waals surface area contributed by atoms with Gasteiger partial charge in [-0.05, 0) is 36.5 Å². The second-order valence-corrected chi connectivity index (χ2v) is 12.3. The first-order valence-electron chi connectivity index (χ1n) is 15.0. The second-order valence-electron chi connectivity index (χ2n) is 10.1. The lowest BCUT2D eigenvalue weighted by Gasteiger charge is -2.12. The summed E-state index contributed by atoms with van der Waals surface area (Å²) in [6.07, 6.45) is 26.9. The number of nitriles is 2. The summed E-state index contributed by atoms with van der Waals surface area (Å²) < 4.78 is 0. The highest BCUT2D eigenvalue weighted by Gasteiger charge is 2.14. The van der Waals surface area contributed by atoms with E-state index in [0.29, 0.717) is 11.1 Å². The van der Waals surface area contributed by atoms with E-state index in [1.807, 2.05) is 17.8 Å². The first kappa shape index (κ1) is 32.9. The molecule has 0 atom stereocenters. The van der Waals surface area contributed by atoms with Crippen molar-refractivity contribution in [2.24, 2.45) is 0 Å². The quantitative estimate of drug-likeness (QED) is 0.0988. The van der Waals surface area contributed by atoms with Gasteiger partial charge in [-0.2, -0.15) is 10.5 Å². The normalized spacial score (nSPS) is 10.9. The van der Waals surface area contributed by atoms with E-state index in [1.54, 1.807) is 11.8 Å². The fourth-order valence-corrected chi connectivity index (χ4v) is 6.94. The Morgan fingerprint density at radius 2 is 0.944 bits per heavy atom. The molecule has 4 heteroatoms. The number of hydrogen-bond acceptors (Lipinski definition) is 4. The van der Waals surface area contributed by atoms with Gasteiger partial charge in [-0.15, -0.1) is 23.5 Å². The molecule has 0 aliphatic rings. The lowest BCUT2D eigenvalue weighted by molar-refractivity contribution is 0.563. The number of thioether (sulfide) groups is 2. The third-order valence-electron chi connectivity index (χ3n) is 6.85. The summed E-state index contributed by atoms with van der Waals surface area (Å²) in [6.45, 7) is 4.55. The fourth-order valence-electron chi connectivity index (χ4n) is 4.56. The van der Waals surface area contributed by atoms with Crippen molar-refractivity contribution in [2.75, 3.05) is 11.5 Å². The Morgan fingerprint density at radius 1 is 0.528 bits per heavy atom. The van der Waals surface area contributed by atoms with Gasteiger partial charge in [0.25, 0.3) is 0 Å². The molecule has 2 nitrogen and oxygen atoms in total. The SMILES string of the molecule is CCCCCCCCCCCCSc1ccc(C#N)c(C#N)c1SCCCCCCCCCCCC.